The van der Waals surface area contributed by atoms with Crippen molar-refractivity contribution in [1.29, 1.82) is 0 Å². The van der Waals surface area contributed by atoms with Crippen molar-refractivity contribution in [2.75, 3.05) is 6.61 Å². The molecule has 0 radical (unpaired) electrons. The Morgan fingerprint density at radius 2 is 2.00 bits per heavy atom. The lowest BCUT2D eigenvalue weighted by molar-refractivity contribution is -0.136. The molecule has 3 aliphatic heterocycles. The number of hydrogen-bond acceptors (Lipinski definition) is 8. The van der Waals surface area contributed by atoms with Crippen molar-refractivity contribution in [3.05, 3.63) is 58.7 Å². The molecule has 3 aromatic rings. The molecule has 36 heavy (non-hydrogen) atoms. The van der Waals surface area contributed by atoms with Gasteiger partial charge in [0.2, 0.25) is 11.8 Å². The van der Waals surface area contributed by atoms with E-state index in [0.717, 1.165) is 16.8 Å². The molecule has 13 heteroatoms. The van der Waals surface area contributed by atoms with Gasteiger partial charge in [-0.1, -0.05) is 5.21 Å². The van der Waals surface area contributed by atoms with Gasteiger partial charge in [0, 0.05) is 30.6 Å². The second-order valence-corrected chi connectivity index (χ2v) is 9.01. The predicted octanol–water partition coefficient (Wildman–Crippen LogP) is -0.627. The van der Waals surface area contributed by atoms with Gasteiger partial charge in [0.25, 0.3) is 11.8 Å². The number of rotatable bonds is 5. The van der Waals surface area contributed by atoms with Gasteiger partial charge in [0.1, 0.15) is 6.04 Å². The van der Waals surface area contributed by atoms with E-state index in [2.05, 4.69) is 20.7 Å². The number of carbonyl (C=O) groups excluding carboxylic acids is 4. The Morgan fingerprint density at radius 1 is 1.14 bits per heavy atom. The number of hydrogen-bond donors (Lipinski definition) is 2. The highest BCUT2D eigenvalue weighted by molar-refractivity contribution is 6.05. The van der Waals surface area contributed by atoms with Crippen molar-refractivity contribution in [3.63, 3.8) is 0 Å². The molecule has 0 saturated carbocycles. The van der Waals surface area contributed by atoms with E-state index in [1.807, 2.05) is 0 Å². The number of carbonyl (C=O) groups is 4. The average Bonchev–Trinajstić information content (AvgIpc) is 3.64. The first kappa shape index (κ1) is 22.1. The summed E-state index contributed by atoms with van der Waals surface area (Å²) in [5.74, 6) is -1.31. The molecule has 1 saturated heterocycles. The highest BCUT2D eigenvalue weighted by atomic mass is 16.3. The van der Waals surface area contributed by atoms with Gasteiger partial charge in [-0.05, 0) is 30.2 Å². The highest BCUT2D eigenvalue weighted by Crippen LogP contribution is 2.29. The van der Waals surface area contributed by atoms with Gasteiger partial charge < -0.3 is 14.9 Å². The van der Waals surface area contributed by atoms with E-state index >= 15 is 0 Å². The summed E-state index contributed by atoms with van der Waals surface area (Å²) in [4.78, 5) is 52.8. The van der Waals surface area contributed by atoms with Crippen LogP contribution >= 0.6 is 0 Å². The zero-order valence-electron chi connectivity index (χ0n) is 19.1. The summed E-state index contributed by atoms with van der Waals surface area (Å²) in [6.45, 7) is 1.36. The van der Waals surface area contributed by atoms with Crippen LogP contribution in [-0.2, 0) is 35.8 Å². The molecular weight excluding hydrogens is 468 g/mol. The maximum absolute atomic E-state index is 13.0. The summed E-state index contributed by atoms with van der Waals surface area (Å²) in [6.07, 6.45) is 3.74. The number of piperidine rings is 1. The Bertz CT molecular complexity index is 1430. The summed E-state index contributed by atoms with van der Waals surface area (Å²) >= 11 is 0. The van der Waals surface area contributed by atoms with Crippen LogP contribution in [0.25, 0.3) is 5.69 Å². The standard InChI is InChI=1S/C23H22N8O5/c32-6-5-30-19-12-28(9-14(19)8-24-30)23(36)17-11-31(27-26-17)15-1-2-16-13(7-15)10-29(22(16)35)18-3-4-20(33)25-21(18)34/h1-2,7-8,11,18,32H,3-6,9-10,12H2,(H,25,33,34). The minimum atomic E-state index is -0.685. The number of aliphatic hydroxyl groups excluding tert-OH is 1. The molecule has 3 aliphatic rings. The van der Waals surface area contributed by atoms with E-state index < -0.39 is 11.9 Å². The van der Waals surface area contributed by atoms with Crippen LogP contribution in [0.4, 0.5) is 0 Å². The number of imide groups is 1. The molecule has 0 aliphatic carbocycles. The summed E-state index contributed by atoms with van der Waals surface area (Å²) in [5.41, 5.74) is 3.87. The number of amides is 4. The summed E-state index contributed by atoms with van der Waals surface area (Å²) in [6, 6.07) is 4.49. The Kier molecular flexibility index (Phi) is 5.14. The van der Waals surface area contributed by atoms with Gasteiger partial charge in [-0.3, -0.25) is 29.2 Å². The molecule has 2 aromatic heterocycles. The SMILES string of the molecule is O=C1CCC(N2Cc3cc(-n4cc(C(=O)N5Cc6cnn(CCO)c6C5)nn4)ccc3C2=O)C(=O)N1. The largest absolute Gasteiger partial charge is 0.394 e. The Hall–Kier alpha value is -4.39. The Balaban J connectivity index is 1.18. The number of fused-ring (bicyclic) bond motifs is 2. The minimum Gasteiger partial charge on any atom is -0.394 e. The maximum Gasteiger partial charge on any atom is 0.276 e. The van der Waals surface area contributed by atoms with Crippen molar-refractivity contribution in [2.45, 2.75) is 45.1 Å². The molecule has 1 aromatic carbocycles. The lowest BCUT2D eigenvalue weighted by atomic mass is 10.0. The van der Waals surface area contributed by atoms with Gasteiger partial charge in [-0.25, -0.2) is 4.68 Å². The molecular formula is C23H22N8O5. The van der Waals surface area contributed by atoms with E-state index in [-0.39, 0.29) is 43.0 Å². The molecule has 6 rings (SSSR count). The average molecular weight is 490 g/mol. The van der Waals surface area contributed by atoms with Crippen LogP contribution < -0.4 is 5.32 Å². The van der Waals surface area contributed by atoms with Gasteiger partial charge in [0.05, 0.1) is 43.5 Å². The fourth-order valence-electron chi connectivity index (χ4n) is 4.99. The number of nitrogens with zero attached hydrogens (tertiary/aromatic N) is 7. The lowest BCUT2D eigenvalue weighted by Crippen LogP contribution is -2.52. The van der Waals surface area contributed by atoms with Crippen molar-refractivity contribution in [2.24, 2.45) is 0 Å². The van der Waals surface area contributed by atoms with Crippen molar-refractivity contribution in [1.82, 2.24) is 39.9 Å². The zero-order chi connectivity index (χ0) is 25.0. The number of nitrogens with one attached hydrogen (secondary N) is 1. The highest BCUT2D eigenvalue weighted by Gasteiger charge is 2.39. The third-order valence-corrected chi connectivity index (χ3v) is 6.82. The quantitative estimate of drug-likeness (QED) is 0.448. The van der Waals surface area contributed by atoms with Crippen molar-refractivity contribution in [3.8, 4) is 5.69 Å². The third kappa shape index (κ3) is 3.55. The van der Waals surface area contributed by atoms with Crippen LogP contribution in [0.2, 0.25) is 0 Å². The third-order valence-electron chi connectivity index (χ3n) is 6.82. The predicted molar refractivity (Wildman–Crippen MR) is 120 cm³/mol. The van der Waals surface area contributed by atoms with Crippen LogP contribution in [0.3, 0.4) is 0 Å². The van der Waals surface area contributed by atoms with Gasteiger partial charge in [-0.2, -0.15) is 5.10 Å². The summed E-state index contributed by atoms with van der Waals surface area (Å²) in [7, 11) is 0. The Morgan fingerprint density at radius 3 is 2.81 bits per heavy atom. The normalized spacial score (nSPS) is 19.0. The van der Waals surface area contributed by atoms with E-state index in [1.165, 1.54) is 9.58 Å². The summed E-state index contributed by atoms with van der Waals surface area (Å²) < 4.78 is 3.17. The molecule has 0 spiro atoms. The maximum atomic E-state index is 13.0. The van der Waals surface area contributed by atoms with E-state index in [4.69, 9.17) is 0 Å². The van der Waals surface area contributed by atoms with E-state index in [9.17, 15) is 24.3 Å². The van der Waals surface area contributed by atoms with Crippen LogP contribution in [0.15, 0.2) is 30.6 Å². The topological polar surface area (TPSA) is 156 Å². The molecule has 1 fully saturated rings. The Labute approximate surface area is 204 Å². The molecule has 2 N–H and O–H groups in total. The van der Waals surface area contributed by atoms with Gasteiger partial charge in [-0.15, -0.1) is 5.10 Å². The molecule has 1 atom stereocenters. The summed E-state index contributed by atoms with van der Waals surface area (Å²) in [5, 5.41) is 23.9. The van der Waals surface area contributed by atoms with Gasteiger partial charge in [0.15, 0.2) is 5.69 Å². The van der Waals surface area contributed by atoms with E-state index in [1.54, 1.807) is 40.2 Å². The lowest BCUT2D eigenvalue weighted by Gasteiger charge is -2.29. The number of benzene rings is 1. The first-order chi connectivity index (χ1) is 17.4. The monoisotopic (exact) mass is 490 g/mol. The number of aromatic nitrogens is 5. The fraction of sp³-hybridized carbons (Fsp3) is 0.348. The smallest absolute Gasteiger partial charge is 0.276 e. The van der Waals surface area contributed by atoms with Crippen LogP contribution in [0, 0.1) is 0 Å². The van der Waals surface area contributed by atoms with E-state index in [0.29, 0.717) is 37.3 Å². The first-order valence-corrected chi connectivity index (χ1v) is 11.6. The fourth-order valence-corrected chi connectivity index (χ4v) is 4.99. The van der Waals surface area contributed by atoms with Gasteiger partial charge >= 0.3 is 0 Å². The second-order valence-electron chi connectivity index (χ2n) is 9.01. The molecule has 184 valence electrons. The van der Waals surface area contributed by atoms with Crippen LogP contribution in [0.1, 0.15) is 50.5 Å². The molecule has 5 heterocycles. The molecule has 4 amide bonds. The zero-order valence-corrected chi connectivity index (χ0v) is 19.1. The van der Waals surface area contributed by atoms with Crippen LogP contribution in [-0.4, -0.2) is 76.0 Å². The second kappa shape index (κ2) is 8.37. The molecule has 0 bridgehead atoms. The molecule has 1 unspecified atom stereocenters. The first-order valence-electron chi connectivity index (χ1n) is 11.6. The van der Waals surface area contributed by atoms with Crippen LogP contribution in [0.5, 0.6) is 0 Å². The number of aliphatic hydroxyl groups is 1. The molecule has 13 nitrogen and oxygen atoms in total. The van der Waals surface area contributed by atoms with Crippen molar-refractivity contribution < 1.29 is 24.3 Å². The minimum absolute atomic E-state index is 0.0337. The van der Waals surface area contributed by atoms with Crippen molar-refractivity contribution >= 4 is 23.6 Å².